The third kappa shape index (κ3) is 7.81. The number of unbranched alkanes of at least 4 members (excludes halogenated alkanes) is 8. The first-order valence-electron chi connectivity index (χ1n) is 22.0. The number of rotatable bonds is 19. The van der Waals surface area contributed by atoms with Gasteiger partial charge in [-0.15, -0.1) is 0 Å². The summed E-state index contributed by atoms with van der Waals surface area (Å²) in [6.07, 6.45) is 40.9. The second kappa shape index (κ2) is 16.8. The fraction of sp³-hybridized carbons (Fsp3) is 0.854. The van der Waals surface area contributed by atoms with Gasteiger partial charge in [0, 0.05) is 11.8 Å². The second-order valence-electron chi connectivity index (χ2n) is 19.8. The zero-order chi connectivity index (χ0) is 36.0. The van der Waals surface area contributed by atoms with Gasteiger partial charge in [0.15, 0.2) is 0 Å². The maximum atomic E-state index is 13.2. The van der Waals surface area contributed by atoms with Crippen LogP contribution in [-0.4, -0.2) is 12.1 Å². The number of carbonyl (C=O) groups excluding carboxylic acids is 1. The first kappa shape index (κ1) is 39.9. The van der Waals surface area contributed by atoms with E-state index in [0.29, 0.717) is 34.0 Å². The van der Waals surface area contributed by atoms with Crippen LogP contribution >= 0.6 is 0 Å². The quantitative estimate of drug-likeness (QED) is 0.0767. The Morgan fingerprint density at radius 2 is 1.38 bits per heavy atom. The number of ether oxygens (including phenoxy) is 1. The molecule has 284 valence electrons. The molecule has 0 aromatic heterocycles. The molecular weight excluding hydrogens is 609 g/mol. The van der Waals surface area contributed by atoms with E-state index in [4.69, 9.17) is 4.74 Å². The lowest BCUT2D eigenvalue weighted by Crippen LogP contribution is -2.58. The molecule has 0 radical (unpaired) electrons. The van der Waals surface area contributed by atoms with Crippen molar-refractivity contribution in [2.45, 2.75) is 209 Å². The standard InChI is InChI=1S/C48H80O2/c1-9-10-11-12-13-14-15-16-17-18-19-20-21-22-23-27-43(49)50-42-31-33-47-36-48(47)35-34-45(7)39(38(4)26-24-25-37(2)3)30-32-46(45,8)41(48)29-28-40(47)44(42,5)6/h13-14,16-17,25,38-42H,9-12,15,18-24,26-36H2,1-8H3/b14-13-,17-16-/t38-,39-,40+,41+,42+,45-,46+,47-,48+/m1/s1. The molecule has 0 saturated heterocycles. The summed E-state index contributed by atoms with van der Waals surface area (Å²) in [5, 5.41) is 0. The number of hydrogen-bond acceptors (Lipinski definition) is 2. The van der Waals surface area contributed by atoms with Gasteiger partial charge in [0.25, 0.3) is 0 Å². The lowest BCUT2D eigenvalue weighted by Gasteiger charge is -2.63. The molecule has 0 N–H and O–H groups in total. The van der Waals surface area contributed by atoms with Crippen LogP contribution in [0.15, 0.2) is 36.0 Å². The molecule has 2 heteroatoms. The molecule has 5 aliphatic carbocycles. The molecule has 5 aliphatic rings. The zero-order valence-corrected chi connectivity index (χ0v) is 34.4. The molecule has 2 spiro atoms. The Morgan fingerprint density at radius 3 is 2.10 bits per heavy atom. The molecule has 50 heavy (non-hydrogen) atoms. The molecule has 0 aromatic carbocycles. The van der Waals surface area contributed by atoms with Crippen LogP contribution in [-0.2, 0) is 9.53 Å². The highest BCUT2D eigenvalue weighted by Crippen LogP contribution is 2.89. The topological polar surface area (TPSA) is 26.3 Å². The highest BCUT2D eigenvalue weighted by Gasteiger charge is 2.82. The van der Waals surface area contributed by atoms with E-state index in [2.05, 4.69) is 85.8 Å². The fourth-order valence-electron chi connectivity index (χ4n) is 13.6. The molecule has 0 aliphatic heterocycles. The number of fused-ring (bicyclic) bond motifs is 2. The van der Waals surface area contributed by atoms with E-state index >= 15 is 0 Å². The summed E-state index contributed by atoms with van der Waals surface area (Å²) in [7, 11) is 0. The van der Waals surface area contributed by atoms with Gasteiger partial charge in [-0.3, -0.25) is 4.79 Å². The predicted octanol–water partition coefficient (Wildman–Crippen LogP) is 14.5. The molecule has 0 unspecified atom stereocenters. The van der Waals surface area contributed by atoms with Crippen LogP contribution in [0.25, 0.3) is 0 Å². The van der Waals surface area contributed by atoms with Gasteiger partial charge in [0.2, 0.25) is 0 Å². The van der Waals surface area contributed by atoms with Gasteiger partial charge in [0.1, 0.15) is 6.10 Å². The average molecular weight is 689 g/mol. The smallest absolute Gasteiger partial charge is 0.306 e. The molecular formula is C48H80O2. The minimum absolute atomic E-state index is 0.0700. The Balaban J connectivity index is 1.05. The maximum absolute atomic E-state index is 13.2. The molecule has 0 amide bonds. The van der Waals surface area contributed by atoms with Crippen molar-refractivity contribution in [3.63, 3.8) is 0 Å². The Kier molecular flexibility index (Phi) is 13.4. The van der Waals surface area contributed by atoms with Crippen molar-refractivity contribution in [1.82, 2.24) is 0 Å². The predicted molar refractivity (Wildman–Crippen MR) is 214 cm³/mol. The monoisotopic (exact) mass is 689 g/mol. The van der Waals surface area contributed by atoms with Crippen molar-refractivity contribution < 1.29 is 9.53 Å². The van der Waals surface area contributed by atoms with Crippen molar-refractivity contribution in [3.05, 3.63) is 36.0 Å². The van der Waals surface area contributed by atoms with Crippen molar-refractivity contribution in [2.24, 2.45) is 50.7 Å². The van der Waals surface area contributed by atoms with Gasteiger partial charge in [0.05, 0.1) is 0 Å². The molecule has 9 atom stereocenters. The summed E-state index contributed by atoms with van der Waals surface area (Å²) in [5.74, 6) is 3.38. The first-order chi connectivity index (χ1) is 23.9. The van der Waals surface area contributed by atoms with Gasteiger partial charge in [-0.1, -0.05) is 110 Å². The van der Waals surface area contributed by atoms with E-state index < -0.39 is 0 Å². The number of carbonyl (C=O) groups is 1. The van der Waals surface area contributed by atoms with E-state index in [1.165, 1.54) is 121 Å². The summed E-state index contributed by atoms with van der Waals surface area (Å²) in [5.41, 5.74) is 3.62. The summed E-state index contributed by atoms with van der Waals surface area (Å²) >= 11 is 0. The van der Waals surface area contributed by atoms with Gasteiger partial charge in [-0.05, 0) is 168 Å². The second-order valence-corrected chi connectivity index (χ2v) is 19.8. The normalized spacial score (nSPS) is 37.5. The van der Waals surface area contributed by atoms with Crippen LogP contribution in [0.1, 0.15) is 203 Å². The summed E-state index contributed by atoms with van der Waals surface area (Å²) in [4.78, 5) is 13.2. The van der Waals surface area contributed by atoms with Crippen LogP contribution < -0.4 is 0 Å². The molecule has 0 heterocycles. The molecule has 2 nitrogen and oxygen atoms in total. The van der Waals surface area contributed by atoms with Crippen molar-refractivity contribution >= 4 is 5.97 Å². The van der Waals surface area contributed by atoms with Gasteiger partial charge in [-0.2, -0.15) is 0 Å². The number of esters is 1. The van der Waals surface area contributed by atoms with E-state index in [1.807, 2.05) is 0 Å². The maximum Gasteiger partial charge on any atom is 0.306 e. The molecule has 5 fully saturated rings. The van der Waals surface area contributed by atoms with Gasteiger partial charge >= 0.3 is 5.97 Å². The summed E-state index contributed by atoms with van der Waals surface area (Å²) < 4.78 is 6.41. The lowest BCUT2D eigenvalue weighted by atomic mass is 9.41. The number of hydrogen-bond donors (Lipinski definition) is 0. The third-order valence-electron chi connectivity index (χ3n) is 16.6. The van der Waals surface area contributed by atoms with Crippen LogP contribution in [0.4, 0.5) is 0 Å². The summed E-state index contributed by atoms with van der Waals surface area (Å²) in [6, 6.07) is 0. The Hall–Kier alpha value is -1.31. The third-order valence-corrected chi connectivity index (χ3v) is 16.6. The van der Waals surface area contributed by atoms with Crippen LogP contribution in [0.3, 0.4) is 0 Å². The first-order valence-corrected chi connectivity index (χ1v) is 22.0. The Labute approximate surface area is 310 Å². The van der Waals surface area contributed by atoms with Crippen LogP contribution in [0, 0.1) is 50.7 Å². The van der Waals surface area contributed by atoms with Crippen molar-refractivity contribution in [2.75, 3.05) is 0 Å². The lowest BCUT2D eigenvalue weighted by molar-refractivity contribution is -0.183. The summed E-state index contributed by atoms with van der Waals surface area (Å²) in [6.45, 7) is 19.8. The van der Waals surface area contributed by atoms with E-state index in [0.717, 1.165) is 43.4 Å². The van der Waals surface area contributed by atoms with Crippen LogP contribution in [0.2, 0.25) is 0 Å². The minimum atomic E-state index is 0.0700. The van der Waals surface area contributed by atoms with Crippen molar-refractivity contribution in [1.29, 1.82) is 0 Å². The van der Waals surface area contributed by atoms with Gasteiger partial charge < -0.3 is 4.74 Å². The highest BCUT2D eigenvalue weighted by molar-refractivity contribution is 5.69. The van der Waals surface area contributed by atoms with E-state index in [1.54, 1.807) is 0 Å². The highest BCUT2D eigenvalue weighted by atomic mass is 16.5. The Morgan fingerprint density at radius 1 is 0.720 bits per heavy atom. The molecule has 0 bridgehead atoms. The average Bonchev–Trinajstić information content (AvgIpc) is 3.65. The van der Waals surface area contributed by atoms with E-state index in [9.17, 15) is 4.79 Å². The van der Waals surface area contributed by atoms with E-state index in [-0.39, 0.29) is 17.5 Å². The minimum Gasteiger partial charge on any atom is -0.462 e. The molecule has 0 aromatic rings. The van der Waals surface area contributed by atoms with Crippen molar-refractivity contribution in [3.8, 4) is 0 Å². The zero-order valence-electron chi connectivity index (χ0n) is 34.4. The molecule has 5 saturated carbocycles. The number of allylic oxidation sites excluding steroid dienone is 6. The SMILES string of the molecule is CCCCC/C=C\C/C=C\CCCCCCCC(=O)O[C@H]1CC[C@]23C[C@]24CC[C@]2(C)[C@@H]([C@H](C)CCC=C(C)C)CC[C@@]2(C)[C@@H]4CC[C@H]3C1(C)C. The van der Waals surface area contributed by atoms with Gasteiger partial charge in [-0.25, -0.2) is 0 Å². The Bertz CT molecular complexity index is 1200. The van der Waals surface area contributed by atoms with Crippen LogP contribution in [0.5, 0.6) is 0 Å². The fourth-order valence-corrected chi connectivity index (χ4v) is 13.6. The molecule has 5 rings (SSSR count). The largest absolute Gasteiger partial charge is 0.462 e.